The van der Waals surface area contributed by atoms with Crippen molar-refractivity contribution in [3.05, 3.63) is 47.1 Å². The van der Waals surface area contributed by atoms with E-state index in [2.05, 4.69) is 58.1 Å². The number of ether oxygens (including phenoxy) is 4. The summed E-state index contributed by atoms with van der Waals surface area (Å²) in [6.45, 7) is 9.40. The number of esters is 1. The van der Waals surface area contributed by atoms with Crippen LogP contribution >= 0.6 is 0 Å². The van der Waals surface area contributed by atoms with E-state index in [0.29, 0.717) is 18.9 Å². The average Bonchev–Trinajstić information content (AvgIpc) is 3.28. The van der Waals surface area contributed by atoms with Gasteiger partial charge in [0.1, 0.15) is 6.10 Å². The second kappa shape index (κ2) is 11.6. The number of carbonyl (C=O) groups excluding carboxylic acids is 1. The first-order valence-electron chi connectivity index (χ1n) is 14.7. The first-order chi connectivity index (χ1) is 17.9. The molecule has 8 atom stereocenters. The van der Waals surface area contributed by atoms with Gasteiger partial charge in [0.15, 0.2) is 5.79 Å². The number of rotatable bonds is 2. The fourth-order valence-corrected chi connectivity index (χ4v) is 6.96. The van der Waals surface area contributed by atoms with Crippen LogP contribution in [0.25, 0.3) is 0 Å². The molecule has 5 rings (SSSR count). The Bertz CT molecular complexity index is 960. The average molecular weight is 511 g/mol. The van der Waals surface area contributed by atoms with Gasteiger partial charge in [-0.3, -0.25) is 4.79 Å². The molecule has 3 fully saturated rings. The van der Waals surface area contributed by atoms with E-state index >= 15 is 0 Å². The molecule has 3 saturated heterocycles. The highest BCUT2D eigenvalue weighted by Gasteiger charge is 2.49. The maximum absolute atomic E-state index is 13.8. The Labute approximate surface area is 223 Å². The summed E-state index contributed by atoms with van der Waals surface area (Å²) in [6.07, 6.45) is 20.2. The lowest BCUT2D eigenvalue weighted by atomic mass is 9.76. The van der Waals surface area contributed by atoms with Crippen molar-refractivity contribution in [1.82, 2.24) is 0 Å². The Morgan fingerprint density at radius 3 is 2.86 bits per heavy atom. The normalized spacial score (nSPS) is 43.5. The van der Waals surface area contributed by atoms with Crippen molar-refractivity contribution in [2.45, 2.75) is 122 Å². The molecule has 0 aromatic heterocycles. The number of hydrogen-bond acceptors (Lipinski definition) is 5. The van der Waals surface area contributed by atoms with Crippen molar-refractivity contribution in [1.29, 1.82) is 0 Å². The third kappa shape index (κ3) is 6.15. The lowest BCUT2D eigenvalue weighted by Gasteiger charge is -2.49. The summed E-state index contributed by atoms with van der Waals surface area (Å²) in [4.78, 5) is 13.8. The monoisotopic (exact) mass is 510 g/mol. The van der Waals surface area contributed by atoms with E-state index in [1.165, 1.54) is 16.7 Å². The molecule has 0 saturated carbocycles. The molecule has 204 valence electrons. The standard InChI is InChI=1S/C32H46O5/c1-5-23(4)28-12-9-15-32(37-28)19-26-18-25(36-32)14-13-21(2)10-7-6-8-11-24-20-34-29-17-22(3)16-27(30(24)29)31(33)35-26/h6,8,11,13,16,23,25-30H,5,7,9-10,12,14-15,17-20H2,1-4H3/b8-6+,21-13+,24-11+. The van der Waals surface area contributed by atoms with Crippen molar-refractivity contribution < 1.29 is 23.7 Å². The van der Waals surface area contributed by atoms with Gasteiger partial charge in [0, 0.05) is 25.2 Å². The van der Waals surface area contributed by atoms with Crippen LogP contribution in [0.15, 0.2) is 47.1 Å². The largest absolute Gasteiger partial charge is 0.462 e. The fourth-order valence-electron chi connectivity index (χ4n) is 6.96. The van der Waals surface area contributed by atoms with Gasteiger partial charge in [-0.25, -0.2) is 0 Å². The lowest BCUT2D eigenvalue weighted by Crippen LogP contribution is -2.53. The summed E-state index contributed by atoms with van der Waals surface area (Å²) >= 11 is 0. The minimum absolute atomic E-state index is 0.0118. The zero-order valence-corrected chi connectivity index (χ0v) is 23.2. The smallest absolute Gasteiger partial charge is 0.313 e. The number of allylic oxidation sites excluding steroid dienone is 4. The van der Waals surface area contributed by atoms with Gasteiger partial charge in [-0.1, -0.05) is 61.8 Å². The summed E-state index contributed by atoms with van der Waals surface area (Å²) in [5.41, 5.74) is 3.79. The maximum atomic E-state index is 13.8. The Morgan fingerprint density at radius 1 is 1.16 bits per heavy atom. The van der Waals surface area contributed by atoms with Gasteiger partial charge in [-0.2, -0.15) is 0 Å². The molecule has 0 amide bonds. The molecule has 8 unspecified atom stereocenters. The summed E-state index contributed by atoms with van der Waals surface area (Å²) < 4.78 is 26.1. The quantitative estimate of drug-likeness (QED) is 0.296. The lowest BCUT2D eigenvalue weighted by molar-refractivity contribution is -0.332. The van der Waals surface area contributed by atoms with Gasteiger partial charge in [0.2, 0.25) is 0 Å². The third-order valence-electron chi connectivity index (χ3n) is 9.24. The van der Waals surface area contributed by atoms with Crippen molar-refractivity contribution >= 4 is 5.97 Å². The van der Waals surface area contributed by atoms with E-state index in [9.17, 15) is 4.79 Å². The van der Waals surface area contributed by atoms with Gasteiger partial charge in [0.05, 0.1) is 30.8 Å². The number of fused-ring (bicyclic) bond motifs is 2. The fraction of sp³-hybridized carbons (Fsp3) is 0.719. The molecule has 4 heterocycles. The molecule has 1 spiro atoms. The van der Waals surface area contributed by atoms with Gasteiger partial charge in [-0.05, 0) is 63.9 Å². The van der Waals surface area contributed by atoms with Crippen LogP contribution in [0.5, 0.6) is 0 Å². The molecule has 5 aliphatic rings. The molecule has 0 N–H and O–H groups in total. The summed E-state index contributed by atoms with van der Waals surface area (Å²) in [5.74, 6) is -0.529. The van der Waals surface area contributed by atoms with Crippen LogP contribution in [-0.2, 0) is 23.7 Å². The Kier molecular flexibility index (Phi) is 8.43. The van der Waals surface area contributed by atoms with Crippen LogP contribution in [0.1, 0.15) is 91.9 Å². The molecule has 0 radical (unpaired) electrons. The van der Waals surface area contributed by atoms with Crippen LogP contribution in [-0.4, -0.2) is 42.8 Å². The predicted octanol–water partition coefficient (Wildman–Crippen LogP) is 6.98. The minimum Gasteiger partial charge on any atom is -0.462 e. The van der Waals surface area contributed by atoms with Crippen molar-refractivity contribution in [3.63, 3.8) is 0 Å². The van der Waals surface area contributed by atoms with Crippen LogP contribution < -0.4 is 0 Å². The molecular weight excluding hydrogens is 464 g/mol. The molecule has 0 aromatic rings. The van der Waals surface area contributed by atoms with Crippen LogP contribution in [0.4, 0.5) is 0 Å². The van der Waals surface area contributed by atoms with E-state index < -0.39 is 5.79 Å². The minimum atomic E-state index is -0.654. The Morgan fingerprint density at radius 2 is 2.03 bits per heavy atom. The van der Waals surface area contributed by atoms with E-state index in [0.717, 1.165) is 57.8 Å². The van der Waals surface area contributed by atoms with E-state index in [1.807, 2.05) is 0 Å². The van der Waals surface area contributed by atoms with E-state index in [4.69, 9.17) is 18.9 Å². The third-order valence-corrected chi connectivity index (χ3v) is 9.24. The summed E-state index contributed by atoms with van der Waals surface area (Å²) in [6, 6.07) is 0. The highest BCUT2D eigenvalue weighted by molar-refractivity contribution is 5.76. The molecule has 2 bridgehead atoms. The molecule has 1 aliphatic carbocycles. The molecule has 37 heavy (non-hydrogen) atoms. The first-order valence-corrected chi connectivity index (χ1v) is 14.7. The zero-order valence-electron chi connectivity index (χ0n) is 23.2. The molecule has 5 nitrogen and oxygen atoms in total. The van der Waals surface area contributed by atoms with E-state index in [1.54, 1.807) is 0 Å². The van der Waals surface area contributed by atoms with Gasteiger partial charge in [0.25, 0.3) is 0 Å². The Balaban J connectivity index is 1.43. The van der Waals surface area contributed by atoms with Crippen LogP contribution in [0.2, 0.25) is 0 Å². The Hall–Kier alpha value is -1.69. The predicted molar refractivity (Wildman–Crippen MR) is 145 cm³/mol. The van der Waals surface area contributed by atoms with Crippen LogP contribution in [0.3, 0.4) is 0 Å². The SMILES string of the molecule is CCC(C)C1CCCC2(CC3CC(C/C=C(\C)CC/C=C/C=C4\COC5CC(C)=CC(C(=O)O3)C45)O2)O1. The van der Waals surface area contributed by atoms with Crippen molar-refractivity contribution in [3.8, 4) is 0 Å². The summed E-state index contributed by atoms with van der Waals surface area (Å²) in [7, 11) is 0. The van der Waals surface area contributed by atoms with Gasteiger partial charge in [-0.15, -0.1) is 0 Å². The number of carbonyl (C=O) groups is 1. The highest BCUT2D eigenvalue weighted by Crippen LogP contribution is 2.45. The van der Waals surface area contributed by atoms with Gasteiger partial charge >= 0.3 is 5.97 Å². The molecule has 5 heteroatoms. The number of hydrogen-bond donors (Lipinski definition) is 0. The van der Waals surface area contributed by atoms with Crippen LogP contribution in [0, 0.1) is 17.8 Å². The highest BCUT2D eigenvalue weighted by atomic mass is 16.7. The summed E-state index contributed by atoms with van der Waals surface area (Å²) in [5, 5.41) is 0. The van der Waals surface area contributed by atoms with E-state index in [-0.39, 0.29) is 42.2 Å². The van der Waals surface area contributed by atoms with Crippen molar-refractivity contribution in [2.75, 3.05) is 6.61 Å². The molecule has 4 aliphatic heterocycles. The molecule has 0 aromatic carbocycles. The van der Waals surface area contributed by atoms with Gasteiger partial charge < -0.3 is 18.9 Å². The van der Waals surface area contributed by atoms with Crippen molar-refractivity contribution in [2.24, 2.45) is 17.8 Å². The zero-order chi connectivity index (χ0) is 26.0. The topological polar surface area (TPSA) is 54.0 Å². The second-order valence-corrected chi connectivity index (χ2v) is 12.2. The second-order valence-electron chi connectivity index (χ2n) is 12.2. The molecular formula is C32H46O5. The maximum Gasteiger partial charge on any atom is 0.313 e. The first kappa shape index (κ1) is 26.9.